The number of amides is 1. The number of rotatable bonds is 2. The highest BCUT2D eigenvalue weighted by Crippen LogP contribution is 2.38. The van der Waals surface area contributed by atoms with Gasteiger partial charge in [-0.3, -0.25) is 4.79 Å². The molecule has 2 unspecified atom stereocenters. The Hall–Kier alpha value is -1.35. The fourth-order valence-corrected chi connectivity index (χ4v) is 2.63. The minimum absolute atomic E-state index is 0.0254. The molecular formula is C15H22N2O. The van der Waals surface area contributed by atoms with Gasteiger partial charge in [-0.15, -0.1) is 0 Å². The molecule has 0 radical (unpaired) electrons. The Morgan fingerprint density at radius 2 is 2.17 bits per heavy atom. The summed E-state index contributed by atoms with van der Waals surface area (Å²) in [5, 5.41) is 3.04. The van der Waals surface area contributed by atoms with Crippen LogP contribution >= 0.6 is 0 Å². The first-order valence-corrected chi connectivity index (χ1v) is 6.58. The average Bonchev–Trinajstić information content (AvgIpc) is 2.67. The number of carbonyl (C=O) groups is 1. The van der Waals surface area contributed by atoms with Gasteiger partial charge < -0.3 is 11.1 Å². The van der Waals surface area contributed by atoms with Crippen LogP contribution in [-0.2, 0) is 4.79 Å². The Balaban J connectivity index is 2.19. The van der Waals surface area contributed by atoms with E-state index < -0.39 is 5.41 Å². The molecule has 1 aromatic rings. The maximum Gasteiger partial charge on any atom is 0.231 e. The van der Waals surface area contributed by atoms with E-state index in [0.29, 0.717) is 0 Å². The number of nitrogens with one attached hydrogen (secondary N) is 1. The number of hydrogen-bond acceptors (Lipinski definition) is 2. The maximum atomic E-state index is 12.4. The zero-order valence-corrected chi connectivity index (χ0v) is 11.4. The number of hydrogen-bond donors (Lipinski definition) is 2. The minimum Gasteiger partial charge on any atom is -0.327 e. The van der Waals surface area contributed by atoms with Crippen LogP contribution < -0.4 is 11.1 Å². The van der Waals surface area contributed by atoms with Crippen molar-refractivity contribution in [3.63, 3.8) is 0 Å². The third-order valence-electron chi connectivity index (χ3n) is 4.40. The van der Waals surface area contributed by atoms with Gasteiger partial charge in [0.25, 0.3) is 0 Å². The first-order chi connectivity index (χ1) is 8.45. The van der Waals surface area contributed by atoms with Gasteiger partial charge in [-0.25, -0.2) is 0 Å². The molecule has 2 atom stereocenters. The maximum absolute atomic E-state index is 12.4. The van der Waals surface area contributed by atoms with Crippen molar-refractivity contribution in [1.82, 2.24) is 0 Å². The van der Waals surface area contributed by atoms with Crippen molar-refractivity contribution in [3.05, 3.63) is 29.3 Å². The smallest absolute Gasteiger partial charge is 0.231 e. The molecule has 0 spiro atoms. The third kappa shape index (κ3) is 2.15. The molecule has 3 nitrogen and oxygen atoms in total. The summed E-state index contributed by atoms with van der Waals surface area (Å²) in [6.07, 6.45) is 2.86. The van der Waals surface area contributed by atoms with Crippen molar-refractivity contribution >= 4 is 11.6 Å². The van der Waals surface area contributed by atoms with Crippen LogP contribution in [0.25, 0.3) is 0 Å². The molecule has 0 bridgehead atoms. The average molecular weight is 246 g/mol. The normalized spacial score (nSPS) is 27.2. The van der Waals surface area contributed by atoms with Crippen molar-refractivity contribution in [2.24, 2.45) is 11.1 Å². The highest BCUT2D eigenvalue weighted by atomic mass is 16.2. The Morgan fingerprint density at radius 3 is 2.78 bits per heavy atom. The lowest BCUT2D eigenvalue weighted by molar-refractivity contribution is -0.125. The van der Waals surface area contributed by atoms with Gasteiger partial charge in [0.05, 0.1) is 5.41 Å². The zero-order chi connectivity index (χ0) is 13.3. The summed E-state index contributed by atoms with van der Waals surface area (Å²) in [6.45, 7) is 6.06. The molecule has 0 aromatic heterocycles. The summed E-state index contributed by atoms with van der Waals surface area (Å²) in [5.74, 6) is 0.0567. The molecule has 3 N–H and O–H groups in total. The summed E-state index contributed by atoms with van der Waals surface area (Å²) < 4.78 is 0. The first kappa shape index (κ1) is 13.1. The monoisotopic (exact) mass is 246 g/mol. The van der Waals surface area contributed by atoms with Gasteiger partial charge in [-0.05, 0) is 50.8 Å². The number of carbonyl (C=O) groups excluding carboxylic acids is 1. The van der Waals surface area contributed by atoms with E-state index in [1.165, 1.54) is 5.56 Å². The van der Waals surface area contributed by atoms with E-state index in [-0.39, 0.29) is 11.9 Å². The van der Waals surface area contributed by atoms with Gasteiger partial charge in [0.1, 0.15) is 0 Å². The van der Waals surface area contributed by atoms with Crippen LogP contribution in [0, 0.1) is 19.3 Å². The Morgan fingerprint density at radius 1 is 1.44 bits per heavy atom. The van der Waals surface area contributed by atoms with Gasteiger partial charge in [0.15, 0.2) is 0 Å². The molecule has 2 rings (SSSR count). The third-order valence-corrected chi connectivity index (χ3v) is 4.40. The molecule has 0 aliphatic heterocycles. The molecule has 0 heterocycles. The van der Waals surface area contributed by atoms with Crippen molar-refractivity contribution in [1.29, 1.82) is 0 Å². The quantitative estimate of drug-likeness (QED) is 0.843. The molecule has 98 valence electrons. The molecule has 1 aromatic carbocycles. The molecular weight excluding hydrogens is 224 g/mol. The van der Waals surface area contributed by atoms with Crippen molar-refractivity contribution in [2.45, 2.75) is 46.1 Å². The lowest BCUT2D eigenvalue weighted by Gasteiger charge is -2.28. The second kappa shape index (κ2) is 4.73. The molecule has 18 heavy (non-hydrogen) atoms. The molecule has 1 fully saturated rings. The predicted molar refractivity (Wildman–Crippen MR) is 74.5 cm³/mol. The van der Waals surface area contributed by atoms with Gasteiger partial charge in [-0.2, -0.15) is 0 Å². The van der Waals surface area contributed by atoms with E-state index in [2.05, 4.69) is 5.32 Å². The Kier molecular flexibility index (Phi) is 3.44. The van der Waals surface area contributed by atoms with Crippen molar-refractivity contribution in [3.8, 4) is 0 Å². The molecule has 1 aliphatic carbocycles. The van der Waals surface area contributed by atoms with Crippen LogP contribution in [0.15, 0.2) is 18.2 Å². The van der Waals surface area contributed by atoms with E-state index in [4.69, 9.17) is 5.73 Å². The number of benzene rings is 1. The first-order valence-electron chi connectivity index (χ1n) is 6.58. The molecule has 1 aliphatic rings. The van der Waals surface area contributed by atoms with Crippen LogP contribution in [-0.4, -0.2) is 11.9 Å². The molecule has 0 saturated heterocycles. The molecule has 1 saturated carbocycles. The van der Waals surface area contributed by atoms with E-state index in [0.717, 1.165) is 30.5 Å². The van der Waals surface area contributed by atoms with E-state index >= 15 is 0 Å². The van der Waals surface area contributed by atoms with E-state index in [1.54, 1.807) is 0 Å². The summed E-state index contributed by atoms with van der Waals surface area (Å²) in [7, 11) is 0. The number of aryl methyl sites for hydroxylation is 1. The molecule has 3 heteroatoms. The Labute approximate surface area is 109 Å². The van der Waals surface area contributed by atoms with Crippen LogP contribution in [0.3, 0.4) is 0 Å². The lowest BCUT2D eigenvalue weighted by Crippen LogP contribution is -2.44. The highest BCUT2D eigenvalue weighted by Gasteiger charge is 2.43. The zero-order valence-electron chi connectivity index (χ0n) is 11.4. The van der Waals surface area contributed by atoms with Gasteiger partial charge in [0, 0.05) is 11.7 Å². The standard InChI is InChI=1S/C15H22N2O/c1-10-6-4-7-12(11(10)2)17-14(18)15(3)9-5-8-13(15)16/h4,6-7,13H,5,8-9,16H2,1-3H3,(H,17,18). The summed E-state index contributed by atoms with van der Waals surface area (Å²) >= 11 is 0. The minimum atomic E-state index is -0.420. The lowest BCUT2D eigenvalue weighted by atomic mass is 9.84. The molecule has 1 amide bonds. The summed E-state index contributed by atoms with van der Waals surface area (Å²) in [4.78, 5) is 12.4. The van der Waals surface area contributed by atoms with Crippen LogP contribution in [0.2, 0.25) is 0 Å². The van der Waals surface area contributed by atoms with E-state index in [9.17, 15) is 4.79 Å². The van der Waals surface area contributed by atoms with Crippen LogP contribution in [0.5, 0.6) is 0 Å². The number of anilines is 1. The largest absolute Gasteiger partial charge is 0.327 e. The van der Waals surface area contributed by atoms with Gasteiger partial charge >= 0.3 is 0 Å². The van der Waals surface area contributed by atoms with Crippen molar-refractivity contribution < 1.29 is 4.79 Å². The fraction of sp³-hybridized carbons (Fsp3) is 0.533. The summed E-state index contributed by atoms with van der Waals surface area (Å²) in [6, 6.07) is 5.94. The van der Waals surface area contributed by atoms with Crippen molar-refractivity contribution in [2.75, 3.05) is 5.32 Å². The topological polar surface area (TPSA) is 55.1 Å². The second-order valence-electron chi connectivity index (χ2n) is 5.62. The predicted octanol–water partition coefficient (Wildman–Crippen LogP) is 2.76. The van der Waals surface area contributed by atoms with Gasteiger partial charge in [0.2, 0.25) is 5.91 Å². The second-order valence-corrected chi connectivity index (χ2v) is 5.62. The van der Waals surface area contributed by atoms with Crippen LogP contribution in [0.4, 0.5) is 5.69 Å². The van der Waals surface area contributed by atoms with Crippen LogP contribution in [0.1, 0.15) is 37.3 Å². The number of nitrogens with two attached hydrogens (primary N) is 1. The van der Waals surface area contributed by atoms with E-state index in [1.807, 2.05) is 39.0 Å². The SMILES string of the molecule is Cc1cccc(NC(=O)C2(C)CCCC2N)c1C. The highest BCUT2D eigenvalue weighted by molar-refractivity contribution is 5.96. The summed E-state index contributed by atoms with van der Waals surface area (Å²) in [5.41, 5.74) is 8.87. The van der Waals surface area contributed by atoms with Gasteiger partial charge in [-0.1, -0.05) is 18.6 Å². The Bertz CT molecular complexity index is 470. The fourth-order valence-electron chi connectivity index (χ4n) is 2.63.